The van der Waals surface area contributed by atoms with Crippen LogP contribution < -0.4 is 5.32 Å². The van der Waals surface area contributed by atoms with Gasteiger partial charge in [-0.25, -0.2) is 0 Å². The molecule has 1 rings (SSSR count). The van der Waals surface area contributed by atoms with E-state index in [0.717, 1.165) is 13.1 Å². The molecule has 3 heteroatoms. The van der Waals surface area contributed by atoms with E-state index >= 15 is 0 Å². The highest BCUT2D eigenvalue weighted by Crippen LogP contribution is 2.21. The largest absolute Gasteiger partial charge is 0.313 e. The van der Waals surface area contributed by atoms with Gasteiger partial charge in [-0.2, -0.15) is 0 Å². The highest BCUT2D eigenvalue weighted by atomic mass is 79.9. The Morgan fingerprint density at radius 3 is 2.67 bits per heavy atom. The predicted molar refractivity (Wildman–Crippen MR) is 72.4 cm³/mol. The Hall–Kier alpha value is 0.140. The monoisotopic (exact) mass is 289 g/mol. The second-order valence-electron chi connectivity index (χ2n) is 5.10. The first-order valence-corrected chi connectivity index (χ1v) is 7.08. The fourth-order valence-corrected chi connectivity index (χ4v) is 2.62. The van der Waals surface area contributed by atoms with Gasteiger partial charge in [0, 0.05) is 6.54 Å². The fourth-order valence-electron chi connectivity index (χ4n) is 1.41. The van der Waals surface area contributed by atoms with Gasteiger partial charge in [0.05, 0.1) is 3.79 Å². The molecule has 0 bridgehead atoms. The molecule has 0 unspecified atom stereocenters. The third-order valence-corrected chi connectivity index (χ3v) is 3.78. The fraction of sp³-hybridized carbons (Fsp3) is 0.667. The van der Waals surface area contributed by atoms with Crippen LogP contribution in [0.5, 0.6) is 0 Å². The summed E-state index contributed by atoms with van der Waals surface area (Å²) >= 11 is 5.22. The molecule has 0 saturated heterocycles. The minimum atomic E-state index is 0.465. The van der Waals surface area contributed by atoms with Gasteiger partial charge in [-0.3, -0.25) is 0 Å². The zero-order valence-electron chi connectivity index (χ0n) is 9.77. The van der Waals surface area contributed by atoms with E-state index in [9.17, 15) is 0 Å². The molecule has 0 saturated carbocycles. The van der Waals surface area contributed by atoms with Crippen molar-refractivity contribution in [2.45, 2.75) is 40.2 Å². The van der Waals surface area contributed by atoms with Crippen LogP contribution in [0.2, 0.25) is 0 Å². The van der Waals surface area contributed by atoms with Gasteiger partial charge in [0.25, 0.3) is 0 Å². The summed E-state index contributed by atoms with van der Waals surface area (Å²) in [7, 11) is 0. The Labute approximate surface area is 105 Å². The van der Waals surface area contributed by atoms with E-state index in [1.165, 1.54) is 22.2 Å². The topological polar surface area (TPSA) is 12.0 Å². The van der Waals surface area contributed by atoms with Crippen molar-refractivity contribution in [3.05, 3.63) is 20.8 Å². The first-order valence-electron chi connectivity index (χ1n) is 5.41. The Morgan fingerprint density at radius 2 is 2.13 bits per heavy atom. The number of hydrogen-bond acceptors (Lipinski definition) is 2. The van der Waals surface area contributed by atoms with Crippen molar-refractivity contribution in [1.82, 2.24) is 5.32 Å². The quantitative estimate of drug-likeness (QED) is 0.791. The molecule has 86 valence electrons. The van der Waals surface area contributed by atoms with Crippen molar-refractivity contribution < 1.29 is 0 Å². The predicted octanol–water partition coefficient (Wildman–Crippen LogP) is 4.43. The Bertz CT molecular complexity index is 288. The summed E-state index contributed by atoms with van der Waals surface area (Å²) in [6.45, 7) is 8.99. The third-order valence-electron chi connectivity index (χ3n) is 2.23. The molecule has 0 aliphatic rings. The molecular formula is C12H20BrNS. The first kappa shape index (κ1) is 13.2. The van der Waals surface area contributed by atoms with Crippen molar-refractivity contribution in [3.63, 3.8) is 0 Å². The van der Waals surface area contributed by atoms with Crippen LogP contribution >= 0.6 is 27.3 Å². The van der Waals surface area contributed by atoms with Crippen LogP contribution in [0.3, 0.4) is 0 Å². The summed E-state index contributed by atoms with van der Waals surface area (Å²) in [4.78, 5) is 0. The van der Waals surface area contributed by atoms with Crippen molar-refractivity contribution in [3.8, 4) is 0 Å². The van der Waals surface area contributed by atoms with E-state index < -0.39 is 0 Å². The molecule has 0 aliphatic carbocycles. The Morgan fingerprint density at radius 1 is 1.40 bits per heavy atom. The standard InChI is InChI=1S/C12H20BrNS/c1-12(2,3)5-4-6-14-8-10-7-11(13)15-9-10/h7,9,14H,4-6,8H2,1-3H3. The molecule has 0 spiro atoms. The van der Waals surface area contributed by atoms with Crippen LogP contribution in [-0.4, -0.2) is 6.54 Å². The second-order valence-corrected chi connectivity index (χ2v) is 7.39. The van der Waals surface area contributed by atoms with E-state index in [0.29, 0.717) is 5.41 Å². The maximum absolute atomic E-state index is 3.47. The highest BCUT2D eigenvalue weighted by molar-refractivity contribution is 9.11. The first-order chi connectivity index (χ1) is 6.97. The Kier molecular flexibility index (Phi) is 5.30. The summed E-state index contributed by atoms with van der Waals surface area (Å²) in [5, 5.41) is 5.67. The van der Waals surface area contributed by atoms with Crippen molar-refractivity contribution in [1.29, 1.82) is 0 Å². The molecule has 1 nitrogen and oxygen atoms in total. The molecule has 0 atom stereocenters. The number of rotatable bonds is 5. The minimum Gasteiger partial charge on any atom is -0.313 e. The zero-order chi connectivity index (χ0) is 11.3. The van der Waals surface area contributed by atoms with E-state index in [4.69, 9.17) is 0 Å². The lowest BCUT2D eigenvalue weighted by Gasteiger charge is -2.17. The molecule has 1 aromatic rings. The van der Waals surface area contributed by atoms with Gasteiger partial charge in [-0.1, -0.05) is 20.8 Å². The third kappa shape index (κ3) is 6.33. The zero-order valence-corrected chi connectivity index (χ0v) is 12.2. The molecule has 1 N–H and O–H groups in total. The van der Waals surface area contributed by atoms with Crippen LogP contribution in [0.25, 0.3) is 0 Å². The molecule has 0 amide bonds. The van der Waals surface area contributed by atoms with Crippen molar-refractivity contribution in [2.75, 3.05) is 6.54 Å². The lowest BCUT2D eigenvalue weighted by molar-refractivity contribution is 0.361. The maximum Gasteiger partial charge on any atom is 0.0701 e. The van der Waals surface area contributed by atoms with Gasteiger partial charge >= 0.3 is 0 Å². The number of thiophene rings is 1. The van der Waals surface area contributed by atoms with Crippen LogP contribution in [0.15, 0.2) is 15.2 Å². The smallest absolute Gasteiger partial charge is 0.0701 e. The normalized spacial score (nSPS) is 12.0. The van der Waals surface area contributed by atoms with Gasteiger partial charge in [0.15, 0.2) is 0 Å². The molecule has 1 aromatic heterocycles. The van der Waals surface area contributed by atoms with Crippen LogP contribution in [0.1, 0.15) is 39.2 Å². The molecule has 0 aliphatic heterocycles. The molecular weight excluding hydrogens is 270 g/mol. The second kappa shape index (κ2) is 6.02. The van der Waals surface area contributed by atoms with Gasteiger partial charge in [0.2, 0.25) is 0 Å². The lowest BCUT2D eigenvalue weighted by Crippen LogP contribution is -2.16. The van der Waals surface area contributed by atoms with Crippen molar-refractivity contribution >= 4 is 27.3 Å². The van der Waals surface area contributed by atoms with Crippen LogP contribution in [-0.2, 0) is 6.54 Å². The summed E-state index contributed by atoms with van der Waals surface area (Å²) in [6.07, 6.45) is 2.54. The van der Waals surface area contributed by atoms with Crippen molar-refractivity contribution in [2.24, 2.45) is 5.41 Å². The molecule has 0 radical (unpaired) electrons. The molecule has 1 heterocycles. The summed E-state index contributed by atoms with van der Waals surface area (Å²) < 4.78 is 1.22. The summed E-state index contributed by atoms with van der Waals surface area (Å²) in [6, 6.07) is 2.18. The molecule has 15 heavy (non-hydrogen) atoms. The van der Waals surface area contributed by atoms with Gasteiger partial charge < -0.3 is 5.32 Å². The Balaban J connectivity index is 2.07. The van der Waals surface area contributed by atoms with Crippen LogP contribution in [0.4, 0.5) is 0 Å². The number of nitrogens with one attached hydrogen (secondary N) is 1. The number of halogens is 1. The van der Waals surface area contributed by atoms with Gasteiger partial charge in [-0.05, 0) is 57.7 Å². The summed E-state index contributed by atoms with van der Waals surface area (Å²) in [5.74, 6) is 0. The average molecular weight is 290 g/mol. The average Bonchev–Trinajstić information content (AvgIpc) is 2.49. The van der Waals surface area contributed by atoms with E-state index in [2.05, 4.69) is 53.5 Å². The maximum atomic E-state index is 3.47. The minimum absolute atomic E-state index is 0.465. The van der Waals surface area contributed by atoms with Crippen LogP contribution in [0, 0.1) is 5.41 Å². The highest BCUT2D eigenvalue weighted by Gasteiger charge is 2.08. The van der Waals surface area contributed by atoms with E-state index in [-0.39, 0.29) is 0 Å². The molecule has 0 fully saturated rings. The lowest BCUT2D eigenvalue weighted by atomic mass is 9.91. The molecule has 0 aromatic carbocycles. The van der Waals surface area contributed by atoms with E-state index in [1.807, 2.05) is 0 Å². The van der Waals surface area contributed by atoms with E-state index in [1.54, 1.807) is 11.3 Å². The summed E-state index contributed by atoms with van der Waals surface area (Å²) in [5.41, 5.74) is 1.84. The SMILES string of the molecule is CC(C)(C)CCCNCc1csc(Br)c1. The van der Waals surface area contributed by atoms with Gasteiger partial charge in [0.1, 0.15) is 0 Å². The van der Waals surface area contributed by atoms with Gasteiger partial charge in [-0.15, -0.1) is 11.3 Å². The number of hydrogen-bond donors (Lipinski definition) is 1.